The van der Waals surface area contributed by atoms with Crippen LogP contribution in [0.5, 0.6) is 0 Å². The van der Waals surface area contributed by atoms with Gasteiger partial charge in [-0.25, -0.2) is 4.99 Å². The molecule has 1 aromatic heterocycles. The standard InChI is InChI=1S/C22H41N7O2.HI/c1-4-29-11-5-7-20(29)15-24-22(25-16-21-27-26-18(2)28(21)3)23-10-6-12-31-17-19-8-13-30-14-9-19;/h19-20H,4-17H2,1-3H3,(H2,23,24,25);1H. The summed E-state index contributed by atoms with van der Waals surface area (Å²) in [6.07, 6.45) is 5.73. The number of ether oxygens (including phenoxy) is 2. The molecular formula is C22H42IN7O2. The van der Waals surface area contributed by atoms with E-state index in [0.717, 1.165) is 82.9 Å². The Hall–Kier alpha value is -0.980. The average molecular weight is 564 g/mol. The predicted molar refractivity (Wildman–Crippen MR) is 138 cm³/mol. The van der Waals surface area contributed by atoms with Gasteiger partial charge in [0.05, 0.1) is 0 Å². The van der Waals surface area contributed by atoms with Gasteiger partial charge in [-0.2, -0.15) is 0 Å². The molecule has 2 aliphatic rings. The maximum atomic E-state index is 5.89. The third-order valence-corrected chi connectivity index (χ3v) is 6.42. The Morgan fingerprint density at radius 1 is 1.22 bits per heavy atom. The van der Waals surface area contributed by atoms with Crippen LogP contribution < -0.4 is 10.6 Å². The molecule has 0 aliphatic carbocycles. The molecule has 0 spiro atoms. The van der Waals surface area contributed by atoms with Gasteiger partial charge in [-0.1, -0.05) is 6.92 Å². The van der Waals surface area contributed by atoms with Crippen molar-refractivity contribution in [1.82, 2.24) is 30.3 Å². The first-order valence-electron chi connectivity index (χ1n) is 11.9. The third-order valence-electron chi connectivity index (χ3n) is 6.42. The second-order valence-corrected chi connectivity index (χ2v) is 8.60. The highest BCUT2D eigenvalue weighted by atomic mass is 127. The minimum absolute atomic E-state index is 0. The first-order chi connectivity index (χ1) is 15.2. The van der Waals surface area contributed by atoms with Crippen LogP contribution in [0.4, 0.5) is 0 Å². The van der Waals surface area contributed by atoms with Crippen molar-refractivity contribution in [3.8, 4) is 0 Å². The fraction of sp³-hybridized carbons (Fsp3) is 0.864. The number of halogens is 1. The molecule has 0 aromatic carbocycles. The van der Waals surface area contributed by atoms with Crippen LogP contribution in [0.2, 0.25) is 0 Å². The zero-order valence-corrected chi connectivity index (χ0v) is 22.3. The second kappa shape index (κ2) is 15.0. The van der Waals surface area contributed by atoms with Crippen molar-refractivity contribution in [2.24, 2.45) is 18.0 Å². The van der Waals surface area contributed by atoms with Crippen molar-refractivity contribution in [3.63, 3.8) is 0 Å². The van der Waals surface area contributed by atoms with Gasteiger partial charge in [-0.15, -0.1) is 34.2 Å². The largest absolute Gasteiger partial charge is 0.381 e. The van der Waals surface area contributed by atoms with E-state index >= 15 is 0 Å². The highest BCUT2D eigenvalue weighted by molar-refractivity contribution is 14.0. The fourth-order valence-corrected chi connectivity index (χ4v) is 4.21. The van der Waals surface area contributed by atoms with Gasteiger partial charge in [0, 0.05) is 52.6 Å². The van der Waals surface area contributed by atoms with Crippen molar-refractivity contribution in [1.29, 1.82) is 0 Å². The molecule has 10 heteroatoms. The van der Waals surface area contributed by atoms with Gasteiger partial charge < -0.3 is 24.7 Å². The summed E-state index contributed by atoms with van der Waals surface area (Å²) in [5, 5.41) is 15.4. The number of aromatic nitrogens is 3. The van der Waals surface area contributed by atoms with Gasteiger partial charge in [0.2, 0.25) is 0 Å². The van der Waals surface area contributed by atoms with Crippen LogP contribution >= 0.6 is 24.0 Å². The summed E-state index contributed by atoms with van der Waals surface area (Å²) in [4.78, 5) is 7.31. The molecule has 9 nitrogen and oxygen atoms in total. The molecule has 0 bridgehead atoms. The summed E-state index contributed by atoms with van der Waals surface area (Å²) in [5.41, 5.74) is 0. The predicted octanol–water partition coefficient (Wildman–Crippen LogP) is 2.09. The summed E-state index contributed by atoms with van der Waals surface area (Å²) in [7, 11) is 1.98. The zero-order chi connectivity index (χ0) is 21.9. The molecule has 1 aromatic rings. The first kappa shape index (κ1) is 27.3. The lowest BCUT2D eigenvalue weighted by atomic mass is 10.0. The molecule has 1 unspecified atom stereocenters. The Balaban J connectivity index is 0.00000363. The molecule has 32 heavy (non-hydrogen) atoms. The highest BCUT2D eigenvalue weighted by Crippen LogP contribution is 2.16. The van der Waals surface area contributed by atoms with Gasteiger partial charge in [-0.3, -0.25) is 4.90 Å². The van der Waals surface area contributed by atoms with E-state index in [9.17, 15) is 0 Å². The fourth-order valence-electron chi connectivity index (χ4n) is 4.21. The van der Waals surface area contributed by atoms with E-state index in [1.54, 1.807) is 0 Å². The number of aryl methyl sites for hydroxylation is 1. The lowest BCUT2D eigenvalue weighted by molar-refractivity contribution is 0.0203. The molecule has 0 amide bonds. The molecule has 0 radical (unpaired) electrons. The Bertz CT molecular complexity index is 679. The second-order valence-electron chi connectivity index (χ2n) is 8.60. The minimum atomic E-state index is 0. The maximum absolute atomic E-state index is 5.89. The third kappa shape index (κ3) is 8.75. The first-order valence-corrected chi connectivity index (χ1v) is 11.9. The molecule has 3 heterocycles. The SMILES string of the molecule is CCN1CCCC1CNC(=NCc1nnc(C)n1C)NCCCOCC1CCOCC1.I. The van der Waals surface area contributed by atoms with Crippen molar-refractivity contribution >= 4 is 29.9 Å². The molecule has 2 aliphatic heterocycles. The Kier molecular flexibility index (Phi) is 12.8. The Morgan fingerprint density at radius 3 is 2.75 bits per heavy atom. The van der Waals surface area contributed by atoms with Gasteiger partial charge in [0.1, 0.15) is 12.4 Å². The van der Waals surface area contributed by atoms with Crippen molar-refractivity contribution in [2.75, 3.05) is 52.6 Å². The summed E-state index contributed by atoms with van der Waals surface area (Å²) >= 11 is 0. The molecule has 2 saturated heterocycles. The van der Waals surface area contributed by atoms with Crippen LogP contribution in [-0.2, 0) is 23.1 Å². The number of rotatable bonds is 11. The number of hydrogen-bond acceptors (Lipinski definition) is 6. The normalized spacial score (nSPS) is 20.3. The van der Waals surface area contributed by atoms with E-state index in [1.165, 1.54) is 19.4 Å². The topological polar surface area (TPSA) is 88.8 Å². The van der Waals surface area contributed by atoms with E-state index < -0.39 is 0 Å². The number of nitrogens with zero attached hydrogens (tertiary/aromatic N) is 5. The van der Waals surface area contributed by atoms with Crippen LogP contribution in [0.3, 0.4) is 0 Å². The van der Waals surface area contributed by atoms with Crippen LogP contribution in [0.1, 0.15) is 50.7 Å². The maximum Gasteiger partial charge on any atom is 0.191 e. The quantitative estimate of drug-likeness (QED) is 0.185. The molecule has 184 valence electrons. The number of hydrogen-bond donors (Lipinski definition) is 2. The molecular weight excluding hydrogens is 521 g/mol. The molecule has 0 saturated carbocycles. The van der Waals surface area contributed by atoms with Gasteiger partial charge in [0.15, 0.2) is 11.8 Å². The summed E-state index contributed by atoms with van der Waals surface area (Å²) in [6, 6.07) is 0.580. The van der Waals surface area contributed by atoms with Crippen LogP contribution in [-0.4, -0.2) is 84.3 Å². The molecule has 3 rings (SSSR count). The molecule has 2 fully saturated rings. The number of nitrogens with one attached hydrogen (secondary N) is 2. The van der Waals surface area contributed by atoms with Crippen molar-refractivity contribution in [3.05, 3.63) is 11.6 Å². The number of guanidine groups is 1. The van der Waals surface area contributed by atoms with Gasteiger partial charge >= 0.3 is 0 Å². The van der Waals surface area contributed by atoms with E-state index in [1.807, 2.05) is 18.5 Å². The molecule has 2 N–H and O–H groups in total. The Morgan fingerprint density at radius 2 is 2.03 bits per heavy atom. The van der Waals surface area contributed by atoms with E-state index in [-0.39, 0.29) is 24.0 Å². The van der Waals surface area contributed by atoms with Crippen molar-refractivity contribution in [2.45, 2.75) is 58.5 Å². The Labute approximate surface area is 210 Å². The minimum Gasteiger partial charge on any atom is -0.381 e. The highest BCUT2D eigenvalue weighted by Gasteiger charge is 2.22. The molecule has 1 atom stereocenters. The zero-order valence-electron chi connectivity index (χ0n) is 20.0. The van der Waals surface area contributed by atoms with Gasteiger partial charge in [0.25, 0.3) is 0 Å². The van der Waals surface area contributed by atoms with E-state index in [2.05, 4.69) is 32.7 Å². The smallest absolute Gasteiger partial charge is 0.191 e. The van der Waals surface area contributed by atoms with Gasteiger partial charge in [-0.05, 0) is 58.0 Å². The van der Waals surface area contributed by atoms with E-state index in [0.29, 0.717) is 18.5 Å². The van der Waals surface area contributed by atoms with Crippen LogP contribution in [0.15, 0.2) is 4.99 Å². The van der Waals surface area contributed by atoms with Crippen molar-refractivity contribution < 1.29 is 9.47 Å². The lowest BCUT2D eigenvalue weighted by Crippen LogP contribution is -2.45. The number of likely N-dealkylation sites (N-methyl/N-ethyl adjacent to an activating group) is 1. The monoisotopic (exact) mass is 563 g/mol. The number of likely N-dealkylation sites (tertiary alicyclic amines) is 1. The lowest BCUT2D eigenvalue weighted by Gasteiger charge is -2.24. The van der Waals surface area contributed by atoms with Crippen LogP contribution in [0.25, 0.3) is 0 Å². The summed E-state index contributed by atoms with van der Waals surface area (Å²) in [5.74, 6) is 3.27. The summed E-state index contributed by atoms with van der Waals surface area (Å²) < 4.78 is 13.3. The van der Waals surface area contributed by atoms with Crippen LogP contribution in [0, 0.1) is 12.8 Å². The average Bonchev–Trinajstić information content (AvgIpc) is 3.39. The number of aliphatic imine (C=N–C) groups is 1. The van der Waals surface area contributed by atoms with E-state index in [4.69, 9.17) is 14.5 Å². The summed E-state index contributed by atoms with van der Waals surface area (Å²) in [6.45, 7) is 12.1.